The van der Waals surface area contributed by atoms with Crippen molar-refractivity contribution >= 4 is 55.9 Å². The van der Waals surface area contributed by atoms with Crippen molar-refractivity contribution in [1.29, 1.82) is 0 Å². The van der Waals surface area contributed by atoms with E-state index in [-0.39, 0.29) is 61.1 Å². The Morgan fingerprint density at radius 3 is 1.96 bits per heavy atom. The molecule has 4 heterocycles. The zero-order valence-electron chi connectivity index (χ0n) is 49.0. The molecule has 1 aliphatic rings. The average Bonchev–Trinajstić information content (AvgIpc) is 2.79. The van der Waals surface area contributed by atoms with E-state index in [1.807, 2.05) is 121 Å². The van der Waals surface area contributed by atoms with E-state index in [1.54, 1.807) is 27.3 Å². The number of aromatic nitrogens is 4. The number of hydrogen-bond donors (Lipinski definition) is 0. The number of fused-ring (bicyclic) bond motifs is 6. The molecule has 0 amide bonds. The fraction of sp³-hybridized carbons (Fsp3) is 0.0625. The van der Waals surface area contributed by atoms with Crippen molar-refractivity contribution in [1.82, 2.24) is 14.1 Å². The van der Waals surface area contributed by atoms with Crippen molar-refractivity contribution in [2.75, 3.05) is 0 Å². The molecule has 1 aliphatic heterocycles. The Labute approximate surface area is 447 Å². The van der Waals surface area contributed by atoms with Gasteiger partial charge in [-0.05, 0) is 85.6 Å². The second kappa shape index (κ2) is 18.2. The van der Waals surface area contributed by atoms with Crippen LogP contribution in [0.4, 0.5) is 0 Å². The predicted molar refractivity (Wildman–Crippen MR) is 287 cm³/mol. The van der Waals surface area contributed by atoms with Crippen LogP contribution in [0.5, 0.6) is 23.0 Å². The first kappa shape index (κ1) is 35.0. The largest absolute Gasteiger partial charge is 0.510 e. The molecule has 0 fully saturated rings. The molecule has 72 heavy (non-hydrogen) atoms. The third kappa shape index (κ3) is 7.82. The van der Waals surface area contributed by atoms with Crippen LogP contribution in [0.1, 0.15) is 40.0 Å². The van der Waals surface area contributed by atoms with Crippen LogP contribution in [0.3, 0.4) is 0 Å². The number of benzene rings is 9. The molecule has 0 spiro atoms. The quantitative estimate of drug-likeness (QED) is 0.0865. The predicted octanol–water partition coefficient (Wildman–Crippen LogP) is 12.8. The Kier molecular flexibility index (Phi) is 8.82. The summed E-state index contributed by atoms with van der Waals surface area (Å²) in [5.41, 5.74) is 6.95. The minimum absolute atomic E-state index is 0. The van der Waals surface area contributed by atoms with E-state index in [0.29, 0.717) is 39.7 Å². The van der Waals surface area contributed by atoms with E-state index >= 15 is 0 Å². The van der Waals surface area contributed by atoms with Crippen LogP contribution in [0.2, 0.25) is 0 Å². The number of imidazole rings is 1. The number of hydrogen-bond acceptors (Lipinski definition) is 3. The number of pyridine rings is 1. The van der Waals surface area contributed by atoms with Crippen LogP contribution < -0.4 is 30.4 Å². The van der Waals surface area contributed by atoms with Crippen molar-refractivity contribution in [2.45, 2.75) is 26.2 Å². The topological polar surface area (TPSA) is 45.1 Å². The first-order valence-electron chi connectivity index (χ1n) is 28.2. The number of ether oxygens (including phenoxy) is 2. The van der Waals surface area contributed by atoms with E-state index in [4.69, 9.17) is 22.7 Å². The molecule has 0 aliphatic carbocycles. The average molecular weight is 1120 g/mol. The van der Waals surface area contributed by atoms with Crippen molar-refractivity contribution in [2.24, 2.45) is 0 Å². The Balaban J connectivity index is 0.00000665. The van der Waals surface area contributed by atoms with Gasteiger partial charge in [0.15, 0.2) is 0 Å². The van der Waals surface area contributed by atoms with Gasteiger partial charge in [0.1, 0.15) is 17.3 Å². The molecule has 12 aromatic rings. The van der Waals surface area contributed by atoms with Crippen molar-refractivity contribution in [3.8, 4) is 62.4 Å². The van der Waals surface area contributed by atoms with Gasteiger partial charge in [0.05, 0.1) is 30.4 Å². The molecule has 348 valence electrons. The maximum atomic E-state index is 9.20. The molecular weight excluding hydrogens is 1060 g/mol. The smallest absolute Gasteiger partial charge is 0.268 e. The number of para-hydroxylation sites is 6. The van der Waals surface area contributed by atoms with Crippen LogP contribution >= 0.6 is 0 Å². The summed E-state index contributed by atoms with van der Waals surface area (Å²) in [5, 5.41) is 1.98. The molecule has 0 bridgehead atoms. The van der Waals surface area contributed by atoms with Gasteiger partial charge in [-0.2, -0.15) is 17.6 Å². The first-order chi connectivity index (χ1) is 39.0. The van der Waals surface area contributed by atoms with Gasteiger partial charge in [0, 0.05) is 44.3 Å². The number of rotatable bonds is 8. The van der Waals surface area contributed by atoms with Gasteiger partial charge in [0.2, 0.25) is 6.71 Å². The van der Waals surface area contributed by atoms with E-state index in [0.717, 1.165) is 49.6 Å². The Morgan fingerprint density at radius 2 is 1.26 bits per heavy atom. The van der Waals surface area contributed by atoms with Crippen LogP contribution in [-0.2, 0) is 26.5 Å². The third-order valence-electron chi connectivity index (χ3n) is 13.1. The monoisotopic (exact) mass is 1120 g/mol. The molecule has 6 nitrogen and oxygen atoms in total. The molecule has 0 radical (unpaired) electrons. The zero-order valence-corrected chi connectivity index (χ0v) is 41.3. The van der Waals surface area contributed by atoms with Gasteiger partial charge in [0.25, 0.3) is 6.33 Å². The summed E-state index contributed by atoms with van der Waals surface area (Å²) >= 11 is 0. The maximum absolute atomic E-state index is 9.20. The Morgan fingerprint density at radius 1 is 0.625 bits per heavy atom. The summed E-state index contributed by atoms with van der Waals surface area (Å²) in [4.78, 5) is 4.88. The Bertz CT molecular complexity index is 4450. The molecule has 0 saturated heterocycles. The summed E-state index contributed by atoms with van der Waals surface area (Å²) in [7, 11) is 0. The minimum atomic E-state index is -0.584. The van der Waals surface area contributed by atoms with Crippen LogP contribution in [-0.4, -0.2) is 20.8 Å². The van der Waals surface area contributed by atoms with E-state index in [9.17, 15) is 5.48 Å². The molecular formula is C64H45BN4O2Pt-2. The summed E-state index contributed by atoms with van der Waals surface area (Å²) in [6, 6.07) is 49.9. The second-order valence-corrected chi connectivity index (χ2v) is 18.4. The van der Waals surface area contributed by atoms with Gasteiger partial charge < -0.3 is 18.6 Å². The SMILES string of the molecule is [2H]c1c([2H])c([2H])c(-c2cccc(-c3c([2H])c([2H])c([2H])c([2H])c3[2H])c2-[n+]2[c-]n(-c3[c-]c(Oc4[c-]c5c(cc4)c4ccccc4n5-c4cc(C(C)(C)C)ccn4)cc(B4c5ccccc5Oc5ccccc54)c3)c3ccccc32)c([2H])c1[2H].[Pt]. The van der Waals surface area contributed by atoms with Gasteiger partial charge in [-0.1, -0.05) is 184 Å². The maximum Gasteiger partial charge on any atom is 0.268 e. The van der Waals surface area contributed by atoms with E-state index in [2.05, 4.69) is 62.0 Å². The Hall–Kier alpha value is -8.25. The van der Waals surface area contributed by atoms with Gasteiger partial charge in [-0.15, -0.1) is 29.7 Å². The van der Waals surface area contributed by atoms with E-state index < -0.39 is 60.4 Å². The van der Waals surface area contributed by atoms with E-state index in [1.165, 1.54) is 0 Å². The zero-order chi connectivity index (χ0) is 56.3. The minimum Gasteiger partial charge on any atom is -0.510 e. The molecule has 0 atom stereocenters. The summed E-state index contributed by atoms with van der Waals surface area (Å²) < 4.78 is 108. The van der Waals surface area contributed by atoms with Crippen molar-refractivity contribution in [3.63, 3.8) is 0 Å². The molecule has 3 aromatic heterocycles. The summed E-state index contributed by atoms with van der Waals surface area (Å²) in [6.07, 6.45) is 5.37. The van der Waals surface area contributed by atoms with Crippen LogP contribution in [0, 0.1) is 18.5 Å². The fourth-order valence-corrected chi connectivity index (χ4v) is 9.82. The number of nitrogens with zero attached hydrogens (tertiary/aromatic N) is 4. The third-order valence-corrected chi connectivity index (χ3v) is 13.1. The van der Waals surface area contributed by atoms with Crippen molar-refractivity contribution < 1.29 is 48.8 Å². The normalized spacial score (nSPS) is 14.0. The van der Waals surface area contributed by atoms with Gasteiger partial charge >= 0.3 is 0 Å². The van der Waals surface area contributed by atoms with Crippen LogP contribution in [0.25, 0.3) is 72.3 Å². The van der Waals surface area contributed by atoms with Gasteiger partial charge in [-0.3, -0.25) is 4.57 Å². The first-order valence-corrected chi connectivity index (χ1v) is 23.2. The molecule has 0 saturated carbocycles. The van der Waals surface area contributed by atoms with Crippen LogP contribution in [0.15, 0.2) is 218 Å². The van der Waals surface area contributed by atoms with Crippen molar-refractivity contribution in [3.05, 3.63) is 242 Å². The molecule has 8 heteroatoms. The standard InChI is InChI=1S/C64H45BN4O2.Pt/c1-64(2,3)45-35-36-66-62(37-45)69-56-28-13-10-23-52(56)53-34-33-48(41-59(53)69)70-49-39-46(65-54-26-11-16-31-60(54)71-61-32-17-12-27-55(61)65)38-47(40-49)67-42-68(58-30-15-14-29-57(58)67)63-50(43-19-6-4-7-20-43)24-18-25-51(63)44-21-8-5-9-22-44;/h4-39H,1-3H3;/q-2;/i4D,5D,6D,7D,8D,9D,19D,20D,21D,22D;. The molecule has 13 rings (SSSR count). The fourth-order valence-electron chi connectivity index (χ4n) is 9.82. The molecule has 0 unspecified atom stereocenters. The summed E-state index contributed by atoms with van der Waals surface area (Å²) in [5.74, 6) is 2.84. The molecule has 9 aromatic carbocycles. The molecule has 0 N–H and O–H groups in total. The second-order valence-electron chi connectivity index (χ2n) is 18.4. The van der Waals surface area contributed by atoms with Gasteiger partial charge in [-0.25, -0.2) is 4.98 Å². The summed E-state index contributed by atoms with van der Waals surface area (Å²) in [6.45, 7) is 6.13.